The smallest absolute Gasteiger partial charge is 0.258 e. The van der Waals surface area contributed by atoms with E-state index in [2.05, 4.69) is 38.0 Å². The van der Waals surface area contributed by atoms with Crippen LogP contribution in [-0.2, 0) is 17.8 Å². The van der Waals surface area contributed by atoms with Crippen LogP contribution in [0.3, 0.4) is 0 Å². The first-order valence-corrected chi connectivity index (χ1v) is 8.36. The molecule has 0 radical (unpaired) electrons. The molecule has 1 atom stereocenters. The van der Waals surface area contributed by atoms with Crippen LogP contribution in [0.4, 0.5) is 0 Å². The number of rotatable bonds is 7. The summed E-state index contributed by atoms with van der Waals surface area (Å²) in [5.41, 5.74) is 1.04. The molecular weight excluding hydrogens is 302 g/mol. The van der Waals surface area contributed by atoms with Gasteiger partial charge in [-0.2, -0.15) is 0 Å². The fourth-order valence-corrected chi connectivity index (χ4v) is 2.46. The minimum atomic E-state index is -0.110. The van der Waals surface area contributed by atoms with Crippen molar-refractivity contribution in [2.45, 2.75) is 46.7 Å². The van der Waals surface area contributed by atoms with E-state index >= 15 is 0 Å². The van der Waals surface area contributed by atoms with E-state index in [9.17, 15) is 4.79 Å². The fraction of sp³-hybridized carbons (Fsp3) is 0.474. The van der Waals surface area contributed by atoms with Gasteiger partial charge in [0.05, 0.1) is 12.4 Å². The highest BCUT2D eigenvalue weighted by atomic mass is 16.5. The molecule has 1 N–H and O–H groups in total. The third-order valence-electron chi connectivity index (χ3n) is 4.05. The number of aromatic nitrogens is 2. The molecule has 1 amide bonds. The summed E-state index contributed by atoms with van der Waals surface area (Å²) < 4.78 is 7.68. The lowest BCUT2D eigenvalue weighted by molar-refractivity contribution is -0.124. The van der Waals surface area contributed by atoms with E-state index in [1.54, 1.807) is 12.5 Å². The third kappa shape index (κ3) is 5.11. The number of nitrogens with one attached hydrogen (secondary N) is 1. The molecule has 1 aromatic carbocycles. The van der Waals surface area contributed by atoms with Gasteiger partial charge >= 0.3 is 0 Å². The number of ether oxygens (including phenoxy) is 1. The van der Waals surface area contributed by atoms with E-state index in [0.717, 1.165) is 17.7 Å². The van der Waals surface area contributed by atoms with Crippen LogP contribution < -0.4 is 10.1 Å². The second-order valence-corrected chi connectivity index (χ2v) is 7.00. The van der Waals surface area contributed by atoms with Crippen molar-refractivity contribution < 1.29 is 9.53 Å². The monoisotopic (exact) mass is 329 g/mol. The lowest BCUT2D eigenvalue weighted by atomic mass is 9.86. The quantitative estimate of drug-likeness (QED) is 0.849. The van der Waals surface area contributed by atoms with E-state index in [1.165, 1.54) is 0 Å². The van der Waals surface area contributed by atoms with Crippen LogP contribution >= 0.6 is 0 Å². The van der Waals surface area contributed by atoms with Crippen LogP contribution in [0.1, 0.15) is 33.3 Å². The largest absolute Gasteiger partial charge is 0.483 e. The molecule has 0 spiro atoms. The van der Waals surface area contributed by atoms with Gasteiger partial charge in [0, 0.05) is 18.9 Å². The third-order valence-corrected chi connectivity index (χ3v) is 4.05. The second kappa shape index (κ2) is 7.99. The zero-order chi connectivity index (χ0) is 17.6. The number of hydrogen-bond donors (Lipinski definition) is 1. The van der Waals surface area contributed by atoms with E-state index in [-0.39, 0.29) is 24.0 Å². The van der Waals surface area contributed by atoms with Gasteiger partial charge in [-0.25, -0.2) is 4.98 Å². The molecule has 0 saturated heterocycles. The highest BCUT2D eigenvalue weighted by molar-refractivity contribution is 5.78. The molecule has 0 aliphatic carbocycles. The van der Waals surface area contributed by atoms with Crippen molar-refractivity contribution in [3.05, 3.63) is 48.5 Å². The number of amides is 1. The van der Waals surface area contributed by atoms with Crippen molar-refractivity contribution in [3.63, 3.8) is 0 Å². The Morgan fingerprint density at radius 2 is 2.08 bits per heavy atom. The first-order valence-electron chi connectivity index (χ1n) is 8.36. The van der Waals surface area contributed by atoms with Gasteiger partial charge in [-0.1, -0.05) is 45.9 Å². The number of nitrogens with zero attached hydrogens (tertiary/aromatic N) is 2. The molecule has 0 bridgehead atoms. The van der Waals surface area contributed by atoms with Gasteiger partial charge in [0.1, 0.15) is 5.75 Å². The summed E-state index contributed by atoms with van der Waals surface area (Å²) in [5.74, 6) is 0.665. The van der Waals surface area contributed by atoms with Crippen molar-refractivity contribution in [1.82, 2.24) is 14.9 Å². The molecule has 5 nitrogen and oxygen atoms in total. The molecule has 5 heteroatoms. The predicted octanol–water partition coefficient (Wildman–Crippen LogP) is 3.06. The molecule has 0 saturated carbocycles. The Hall–Kier alpha value is -2.30. The van der Waals surface area contributed by atoms with Crippen LogP contribution in [0.25, 0.3) is 0 Å². The zero-order valence-corrected chi connectivity index (χ0v) is 15.0. The van der Waals surface area contributed by atoms with Gasteiger partial charge in [-0.15, -0.1) is 0 Å². The lowest BCUT2D eigenvalue weighted by Crippen LogP contribution is -2.47. The highest BCUT2D eigenvalue weighted by Gasteiger charge is 2.26. The number of carbonyl (C=O) groups excluding carboxylic acids is 1. The average Bonchev–Trinajstić information content (AvgIpc) is 3.05. The van der Waals surface area contributed by atoms with Crippen molar-refractivity contribution in [2.75, 3.05) is 6.61 Å². The molecule has 1 heterocycles. The Balaban J connectivity index is 1.95. The predicted molar refractivity (Wildman–Crippen MR) is 94.9 cm³/mol. The zero-order valence-electron chi connectivity index (χ0n) is 15.0. The Labute approximate surface area is 144 Å². The first kappa shape index (κ1) is 18.0. The molecule has 24 heavy (non-hydrogen) atoms. The summed E-state index contributed by atoms with van der Waals surface area (Å²) in [6.07, 6.45) is 6.28. The van der Waals surface area contributed by atoms with Gasteiger partial charge < -0.3 is 14.6 Å². The van der Waals surface area contributed by atoms with Crippen molar-refractivity contribution in [1.29, 1.82) is 0 Å². The Morgan fingerprint density at radius 3 is 2.71 bits per heavy atom. The van der Waals surface area contributed by atoms with E-state index in [1.807, 2.05) is 35.0 Å². The Morgan fingerprint density at radius 1 is 1.33 bits per heavy atom. The van der Waals surface area contributed by atoms with Crippen LogP contribution in [-0.4, -0.2) is 28.1 Å². The van der Waals surface area contributed by atoms with Gasteiger partial charge in [-0.05, 0) is 23.5 Å². The molecule has 0 aliphatic rings. The number of benzene rings is 1. The van der Waals surface area contributed by atoms with Crippen molar-refractivity contribution in [3.8, 4) is 5.75 Å². The maximum atomic E-state index is 12.3. The highest BCUT2D eigenvalue weighted by Crippen LogP contribution is 2.21. The SMILES string of the molecule is CCc1ccccc1OCC(=O)N[C@H](Cn1ccnc1)C(C)(C)C. The number of carbonyl (C=O) groups is 1. The summed E-state index contributed by atoms with van der Waals surface area (Å²) in [7, 11) is 0. The molecule has 0 aliphatic heterocycles. The fourth-order valence-electron chi connectivity index (χ4n) is 2.46. The van der Waals surface area contributed by atoms with E-state index in [0.29, 0.717) is 6.54 Å². The van der Waals surface area contributed by atoms with Crippen LogP contribution in [0.2, 0.25) is 0 Å². The first-order chi connectivity index (χ1) is 11.4. The Bertz CT molecular complexity index is 645. The summed E-state index contributed by atoms with van der Waals surface area (Å²) in [5, 5.41) is 3.09. The second-order valence-electron chi connectivity index (χ2n) is 7.00. The molecular formula is C19H27N3O2. The Kier molecular flexibility index (Phi) is 6.01. The molecule has 1 aromatic heterocycles. The van der Waals surface area contributed by atoms with Crippen molar-refractivity contribution >= 4 is 5.91 Å². The number of aryl methyl sites for hydroxylation is 1. The molecule has 2 aromatic rings. The summed E-state index contributed by atoms with van der Waals surface area (Å²) in [4.78, 5) is 16.4. The maximum Gasteiger partial charge on any atom is 0.258 e. The van der Waals surface area contributed by atoms with E-state index < -0.39 is 0 Å². The summed E-state index contributed by atoms with van der Waals surface area (Å²) in [6, 6.07) is 7.81. The van der Waals surface area contributed by atoms with Crippen LogP contribution in [0.15, 0.2) is 43.0 Å². The van der Waals surface area contributed by atoms with Crippen LogP contribution in [0, 0.1) is 5.41 Å². The number of imidazole rings is 1. The molecule has 130 valence electrons. The minimum absolute atomic E-state index is 0.00998. The normalized spacial score (nSPS) is 12.7. The van der Waals surface area contributed by atoms with Gasteiger partial charge in [0.2, 0.25) is 0 Å². The molecule has 0 unspecified atom stereocenters. The molecule has 0 fully saturated rings. The summed E-state index contributed by atoms with van der Waals surface area (Å²) >= 11 is 0. The number of hydrogen-bond acceptors (Lipinski definition) is 3. The molecule has 2 rings (SSSR count). The lowest BCUT2D eigenvalue weighted by Gasteiger charge is -2.31. The standard InChI is InChI=1S/C19H27N3O2/c1-5-15-8-6-7-9-16(15)24-13-18(23)21-17(19(2,3)4)12-22-11-10-20-14-22/h6-11,14,17H,5,12-13H2,1-4H3,(H,21,23)/t17-/m1/s1. The van der Waals surface area contributed by atoms with E-state index in [4.69, 9.17) is 4.74 Å². The maximum absolute atomic E-state index is 12.3. The summed E-state index contributed by atoms with van der Waals surface area (Å²) in [6.45, 7) is 9.11. The van der Waals surface area contributed by atoms with Gasteiger partial charge in [0.15, 0.2) is 6.61 Å². The van der Waals surface area contributed by atoms with Gasteiger partial charge in [0.25, 0.3) is 5.91 Å². The van der Waals surface area contributed by atoms with Crippen molar-refractivity contribution in [2.24, 2.45) is 5.41 Å². The average molecular weight is 329 g/mol. The van der Waals surface area contributed by atoms with Gasteiger partial charge in [-0.3, -0.25) is 4.79 Å². The topological polar surface area (TPSA) is 56.1 Å². The van der Waals surface area contributed by atoms with Crippen LogP contribution in [0.5, 0.6) is 5.75 Å². The minimum Gasteiger partial charge on any atom is -0.483 e. The number of para-hydroxylation sites is 1.